The first-order chi connectivity index (χ1) is 12.5. The van der Waals surface area contributed by atoms with Crippen molar-refractivity contribution >= 4 is 22.6 Å². The first kappa shape index (κ1) is 18.2. The highest BCUT2D eigenvalue weighted by atomic mass is 16.5. The number of carbonyl (C=O) groups excluding carboxylic acids is 2. The number of aromatic amines is 1. The molecule has 0 aliphatic heterocycles. The molecule has 2 aromatic rings. The number of esters is 1. The van der Waals surface area contributed by atoms with Crippen LogP contribution in [-0.2, 0) is 9.53 Å². The lowest BCUT2D eigenvalue weighted by Gasteiger charge is -2.36. The minimum absolute atomic E-state index is 0.0511. The Morgan fingerprint density at radius 3 is 2.73 bits per heavy atom. The van der Waals surface area contributed by atoms with Gasteiger partial charge in [-0.15, -0.1) is 0 Å². The summed E-state index contributed by atoms with van der Waals surface area (Å²) < 4.78 is 5.14. The number of aromatic nitrogens is 1. The monoisotopic (exact) mass is 356 g/mol. The molecule has 1 aliphatic rings. The number of H-pyrrole nitrogens is 1. The third-order valence-electron chi connectivity index (χ3n) is 5.26. The maximum Gasteiger partial charge on any atom is 0.355 e. The van der Waals surface area contributed by atoms with E-state index >= 15 is 0 Å². The second-order valence-electron chi connectivity index (χ2n) is 7.01. The van der Waals surface area contributed by atoms with E-state index in [0.29, 0.717) is 16.7 Å². The van der Waals surface area contributed by atoms with E-state index in [1.54, 1.807) is 42.3 Å². The topological polar surface area (TPSA) is 79.5 Å². The van der Waals surface area contributed by atoms with Crippen molar-refractivity contribution in [1.82, 2.24) is 9.88 Å². The quantitative estimate of drug-likeness (QED) is 0.854. The van der Waals surface area contributed by atoms with Crippen LogP contribution >= 0.6 is 0 Å². The van der Waals surface area contributed by atoms with Crippen LogP contribution in [0.4, 0.5) is 0 Å². The minimum Gasteiger partial charge on any atom is -0.451 e. The van der Waals surface area contributed by atoms with E-state index in [1.165, 1.54) is 6.42 Å². The lowest BCUT2D eigenvalue weighted by atomic mass is 9.85. The van der Waals surface area contributed by atoms with Crippen LogP contribution in [0, 0.1) is 5.92 Å². The van der Waals surface area contributed by atoms with Crippen molar-refractivity contribution in [1.29, 1.82) is 0 Å². The third kappa shape index (κ3) is 3.79. The highest BCUT2D eigenvalue weighted by Gasteiger charge is 2.28. The molecule has 0 unspecified atom stereocenters. The molecule has 0 bridgehead atoms. The fraction of sp³-hybridized carbons (Fsp3) is 0.450. The number of fused-ring (bicyclic) bond motifs is 1. The SMILES string of the molecule is C[C@H]1CCCC[C@H]1N(C)C(=O)COC(=O)c1cc2ccccc2c(=O)[nH]1. The van der Waals surface area contributed by atoms with E-state index in [4.69, 9.17) is 4.74 Å². The number of rotatable bonds is 4. The standard InChI is InChI=1S/C20H24N2O4/c1-13-7-3-6-10-17(13)22(2)18(23)12-26-20(25)16-11-14-8-4-5-9-15(14)19(24)21-16/h4-5,8-9,11,13,17H,3,6-7,10,12H2,1-2H3,(H,21,24)/t13-,17+/m0/s1. The first-order valence-corrected chi connectivity index (χ1v) is 9.02. The number of nitrogens with one attached hydrogen (secondary N) is 1. The van der Waals surface area contributed by atoms with Gasteiger partial charge in [-0.1, -0.05) is 38.0 Å². The van der Waals surface area contributed by atoms with Crippen LogP contribution in [0.15, 0.2) is 35.1 Å². The number of nitrogens with zero attached hydrogens (tertiary/aromatic N) is 1. The Hall–Kier alpha value is -2.63. The second kappa shape index (κ2) is 7.72. The van der Waals surface area contributed by atoms with Crippen LogP contribution in [0.1, 0.15) is 43.1 Å². The summed E-state index contributed by atoms with van der Waals surface area (Å²) in [5.41, 5.74) is -0.301. The molecule has 0 saturated heterocycles. The molecule has 6 nitrogen and oxygen atoms in total. The smallest absolute Gasteiger partial charge is 0.355 e. The zero-order valence-corrected chi connectivity index (χ0v) is 15.2. The van der Waals surface area contributed by atoms with Gasteiger partial charge in [0.25, 0.3) is 11.5 Å². The summed E-state index contributed by atoms with van der Waals surface area (Å²) >= 11 is 0. The van der Waals surface area contributed by atoms with Crippen LogP contribution in [0.3, 0.4) is 0 Å². The van der Waals surface area contributed by atoms with Crippen molar-refractivity contribution in [2.24, 2.45) is 5.92 Å². The zero-order chi connectivity index (χ0) is 18.7. The van der Waals surface area contributed by atoms with E-state index in [9.17, 15) is 14.4 Å². The average Bonchev–Trinajstić information content (AvgIpc) is 2.65. The van der Waals surface area contributed by atoms with Crippen molar-refractivity contribution in [2.45, 2.75) is 38.6 Å². The van der Waals surface area contributed by atoms with Crippen LogP contribution in [0.5, 0.6) is 0 Å². The fourth-order valence-electron chi connectivity index (χ4n) is 3.68. The first-order valence-electron chi connectivity index (χ1n) is 9.02. The maximum atomic E-state index is 12.4. The Labute approximate surface area is 152 Å². The van der Waals surface area contributed by atoms with Gasteiger partial charge >= 0.3 is 5.97 Å². The summed E-state index contributed by atoms with van der Waals surface area (Å²) in [6.45, 7) is 1.83. The summed E-state index contributed by atoms with van der Waals surface area (Å²) in [6, 6.07) is 8.75. The van der Waals surface area contributed by atoms with Gasteiger partial charge in [-0.2, -0.15) is 0 Å². The Morgan fingerprint density at radius 2 is 1.96 bits per heavy atom. The largest absolute Gasteiger partial charge is 0.451 e. The second-order valence-corrected chi connectivity index (χ2v) is 7.01. The van der Waals surface area contributed by atoms with Gasteiger partial charge in [-0.25, -0.2) is 4.79 Å². The third-order valence-corrected chi connectivity index (χ3v) is 5.26. The lowest BCUT2D eigenvalue weighted by Crippen LogP contribution is -2.44. The Kier molecular flexibility index (Phi) is 5.40. The van der Waals surface area contributed by atoms with Crippen LogP contribution in [-0.4, -0.2) is 41.5 Å². The molecular formula is C20H24N2O4. The maximum absolute atomic E-state index is 12.4. The van der Waals surface area contributed by atoms with Crippen LogP contribution in [0.25, 0.3) is 10.8 Å². The van der Waals surface area contributed by atoms with E-state index in [-0.39, 0.29) is 29.8 Å². The van der Waals surface area contributed by atoms with Gasteiger partial charge in [0.15, 0.2) is 6.61 Å². The lowest BCUT2D eigenvalue weighted by molar-refractivity contribution is -0.136. The van der Waals surface area contributed by atoms with Crippen molar-refractivity contribution in [2.75, 3.05) is 13.7 Å². The zero-order valence-electron chi connectivity index (χ0n) is 15.2. The fourth-order valence-corrected chi connectivity index (χ4v) is 3.68. The summed E-state index contributed by atoms with van der Waals surface area (Å²) in [5, 5.41) is 1.16. The molecule has 6 heteroatoms. The predicted octanol–water partition coefficient (Wildman–Crippen LogP) is 2.72. The van der Waals surface area contributed by atoms with E-state index in [2.05, 4.69) is 11.9 Å². The number of hydrogen-bond acceptors (Lipinski definition) is 4. The molecule has 3 rings (SSSR count). The number of amides is 1. The molecule has 1 saturated carbocycles. The van der Waals surface area contributed by atoms with Crippen LogP contribution < -0.4 is 5.56 Å². The molecule has 1 N–H and O–H groups in total. The van der Waals surface area contributed by atoms with Crippen molar-refractivity contribution in [3.05, 3.63) is 46.4 Å². The molecule has 26 heavy (non-hydrogen) atoms. The number of carbonyl (C=O) groups is 2. The molecule has 1 amide bonds. The van der Waals surface area contributed by atoms with E-state index in [0.717, 1.165) is 19.3 Å². The summed E-state index contributed by atoms with van der Waals surface area (Å²) in [4.78, 5) is 40.9. The molecule has 1 aliphatic carbocycles. The highest BCUT2D eigenvalue weighted by Crippen LogP contribution is 2.27. The number of likely N-dealkylation sites (N-methyl/N-ethyl adjacent to an activating group) is 1. The molecule has 2 atom stereocenters. The van der Waals surface area contributed by atoms with Crippen molar-refractivity contribution < 1.29 is 14.3 Å². The van der Waals surface area contributed by atoms with Crippen molar-refractivity contribution in [3.8, 4) is 0 Å². The molecular weight excluding hydrogens is 332 g/mol. The highest BCUT2D eigenvalue weighted by molar-refractivity contribution is 5.94. The molecule has 1 fully saturated rings. The molecule has 0 radical (unpaired) electrons. The average molecular weight is 356 g/mol. The van der Waals surface area contributed by atoms with Gasteiger partial charge in [-0.05, 0) is 36.3 Å². The van der Waals surface area contributed by atoms with Crippen molar-refractivity contribution in [3.63, 3.8) is 0 Å². The predicted molar refractivity (Wildman–Crippen MR) is 99.0 cm³/mol. The van der Waals surface area contributed by atoms with E-state index < -0.39 is 5.97 Å². The summed E-state index contributed by atoms with van der Waals surface area (Å²) in [7, 11) is 1.76. The van der Waals surface area contributed by atoms with Gasteiger partial charge in [0, 0.05) is 18.5 Å². The van der Waals surface area contributed by atoms with Gasteiger partial charge in [0.05, 0.1) is 0 Å². The Morgan fingerprint density at radius 1 is 1.23 bits per heavy atom. The molecule has 138 valence electrons. The van der Waals surface area contributed by atoms with Gasteiger partial charge in [-0.3, -0.25) is 9.59 Å². The van der Waals surface area contributed by atoms with Gasteiger partial charge < -0.3 is 14.6 Å². The number of benzene rings is 1. The molecule has 1 aromatic heterocycles. The molecule has 1 aromatic carbocycles. The molecule has 0 spiro atoms. The summed E-state index contributed by atoms with van der Waals surface area (Å²) in [6.07, 6.45) is 4.41. The number of ether oxygens (including phenoxy) is 1. The minimum atomic E-state index is -0.703. The summed E-state index contributed by atoms with van der Waals surface area (Å²) in [5.74, 6) is -0.475. The Bertz CT molecular complexity index is 873. The van der Waals surface area contributed by atoms with Gasteiger partial charge in [0.1, 0.15) is 5.69 Å². The number of hydrogen-bond donors (Lipinski definition) is 1. The van der Waals surface area contributed by atoms with Crippen LogP contribution in [0.2, 0.25) is 0 Å². The van der Waals surface area contributed by atoms with E-state index in [1.807, 2.05) is 0 Å². The normalized spacial score (nSPS) is 19.9. The molecule has 1 heterocycles. The van der Waals surface area contributed by atoms with Gasteiger partial charge in [0.2, 0.25) is 0 Å². The Balaban J connectivity index is 1.65. The number of pyridine rings is 1.